The van der Waals surface area contributed by atoms with Crippen molar-refractivity contribution in [1.29, 1.82) is 0 Å². The van der Waals surface area contributed by atoms with Crippen LogP contribution in [0.4, 0.5) is 0 Å². The monoisotopic (exact) mass is 199 g/mol. The number of primary amides is 1. The molecular weight excluding hydrogens is 190 g/mol. The number of nitrogens with zero attached hydrogens (tertiary/aromatic N) is 2. The predicted molar refractivity (Wildman–Crippen MR) is 49.2 cm³/mol. The predicted octanol–water partition coefficient (Wildman–Crippen LogP) is 0.552. The van der Waals surface area contributed by atoms with Crippen LogP contribution in [-0.4, -0.2) is 15.9 Å². The standard InChI is InChI=1S/C8H10ClN3O/c1-5-2-6(4-9)12-8(11-5)3-7(10)13/h2H,3-4H2,1H3,(H2,10,13). The lowest BCUT2D eigenvalue weighted by Crippen LogP contribution is -2.16. The quantitative estimate of drug-likeness (QED) is 0.723. The Morgan fingerprint density at radius 1 is 1.62 bits per heavy atom. The molecule has 2 N–H and O–H groups in total. The first-order valence-corrected chi connectivity index (χ1v) is 4.33. The van der Waals surface area contributed by atoms with E-state index in [4.69, 9.17) is 17.3 Å². The second-order valence-electron chi connectivity index (χ2n) is 2.69. The number of aromatic nitrogens is 2. The number of halogens is 1. The summed E-state index contributed by atoms with van der Waals surface area (Å²) in [6.07, 6.45) is 0.0611. The van der Waals surface area contributed by atoms with E-state index in [1.807, 2.05) is 6.92 Å². The minimum Gasteiger partial charge on any atom is -0.369 e. The van der Waals surface area contributed by atoms with Gasteiger partial charge in [0.15, 0.2) is 0 Å². The molecule has 70 valence electrons. The van der Waals surface area contributed by atoms with Gasteiger partial charge in [-0.2, -0.15) is 0 Å². The average Bonchev–Trinajstić information content (AvgIpc) is 2.01. The maximum atomic E-state index is 10.6. The highest BCUT2D eigenvalue weighted by Gasteiger charge is 2.04. The minimum atomic E-state index is -0.439. The minimum absolute atomic E-state index is 0.0611. The van der Waals surface area contributed by atoms with Gasteiger partial charge in [-0.3, -0.25) is 4.79 Å². The molecule has 5 heteroatoms. The average molecular weight is 200 g/mol. The molecule has 4 nitrogen and oxygen atoms in total. The summed E-state index contributed by atoms with van der Waals surface area (Å²) in [7, 11) is 0. The van der Waals surface area contributed by atoms with Crippen molar-refractivity contribution in [3.8, 4) is 0 Å². The smallest absolute Gasteiger partial charge is 0.225 e. The van der Waals surface area contributed by atoms with Gasteiger partial charge in [-0.05, 0) is 13.0 Å². The number of carbonyl (C=O) groups excluding carboxylic acids is 1. The second kappa shape index (κ2) is 4.18. The zero-order valence-electron chi connectivity index (χ0n) is 7.25. The number of rotatable bonds is 3. The highest BCUT2D eigenvalue weighted by Crippen LogP contribution is 2.03. The third-order valence-corrected chi connectivity index (χ3v) is 1.70. The summed E-state index contributed by atoms with van der Waals surface area (Å²) in [4.78, 5) is 18.7. The molecule has 0 bridgehead atoms. The molecule has 1 aromatic rings. The van der Waals surface area contributed by atoms with Crippen LogP contribution in [0.5, 0.6) is 0 Å². The Labute approximate surface area is 81.1 Å². The van der Waals surface area contributed by atoms with Crippen LogP contribution in [-0.2, 0) is 17.1 Å². The van der Waals surface area contributed by atoms with Gasteiger partial charge in [0.2, 0.25) is 5.91 Å². The molecule has 0 atom stereocenters. The van der Waals surface area contributed by atoms with E-state index in [0.717, 1.165) is 5.69 Å². The Balaban J connectivity index is 2.94. The third kappa shape index (κ3) is 2.99. The molecule has 0 spiro atoms. The van der Waals surface area contributed by atoms with E-state index in [2.05, 4.69) is 9.97 Å². The maximum absolute atomic E-state index is 10.6. The van der Waals surface area contributed by atoms with E-state index in [1.54, 1.807) is 6.07 Å². The molecule has 0 fully saturated rings. The van der Waals surface area contributed by atoms with Crippen LogP contribution in [0.1, 0.15) is 17.2 Å². The third-order valence-electron chi connectivity index (χ3n) is 1.42. The van der Waals surface area contributed by atoms with Gasteiger partial charge in [0.25, 0.3) is 0 Å². The van der Waals surface area contributed by atoms with E-state index in [0.29, 0.717) is 17.4 Å². The fraction of sp³-hybridized carbons (Fsp3) is 0.375. The van der Waals surface area contributed by atoms with E-state index < -0.39 is 5.91 Å². The van der Waals surface area contributed by atoms with Crippen LogP contribution in [0, 0.1) is 6.92 Å². The summed E-state index contributed by atoms with van der Waals surface area (Å²) in [6.45, 7) is 1.82. The molecule has 0 radical (unpaired) electrons. The van der Waals surface area contributed by atoms with Crippen molar-refractivity contribution in [3.63, 3.8) is 0 Å². The lowest BCUT2D eigenvalue weighted by molar-refractivity contribution is -0.117. The molecule has 1 rings (SSSR count). The first-order valence-electron chi connectivity index (χ1n) is 3.79. The van der Waals surface area contributed by atoms with Crippen molar-refractivity contribution >= 4 is 17.5 Å². The van der Waals surface area contributed by atoms with Crippen molar-refractivity contribution in [3.05, 3.63) is 23.3 Å². The lowest BCUT2D eigenvalue weighted by atomic mass is 10.3. The number of aryl methyl sites for hydroxylation is 1. The molecule has 0 aromatic carbocycles. The molecule has 0 aliphatic carbocycles. The molecule has 0 unspecified atom stereocenters. The Bertz CT molecular complexity index is 327. The molecular formula is C8H10ClN3O. The lowest BCUT2D eigenvalue weighted by Gasteiger charge is -2.01. The van der Waals surface area contributed by atoms with Crippen LogP contribution < -0.4 is 5.73 Å². The summed E-state index contributed by atoms with van der Waals surface area (Å²) in [5, 5.41) is 0. The summed E-state index contributed by atoms with van der Waals surface area (Å²) < 4.78 is 0. The van der Waals surface area contributed by atoms with Gasteiger partial charge in [0.05, 0.1) is 18.0 Å². The van der Waals surface area contributed by atoms with Gasteiger partial charge >= 0.3 is 0 Å². The Kier molecular flexibility index (Phi) is 3.19. The molecule has 13 heavy (non-hydrogen) atoms. The zero-order chi connectivity index (χ0) is 9.84. The van der Waals surface area contributed by atoms with Crippen LogP contribution >= 0.6 is 11.6 Å². The first kappa shape index (κ1) is 9.92. The van der Waals surface area contributed by atoms with Crippen molar-refractivity contribution in [1.82, 2.24) is 9.97 Å². The summed E-state index contributed by atoms with van der Waals surface area (Å²) in [5.74, 6) is 0.309. The zero-order valence-corrected chi connectivity index (χ0v) is 8.01. The normalized spacial score (nSPS) is 10.0. The SMILES string of the molecule is Cc1cc(CCl)nc(CC(N)=O)n1. The van der Waals surface area contributed by atoms with E-state index in [9.17, 15) is 4.79 Å². The molecule has 1 aromatic heterocycles. The Hall–Kier alpha value is -1.16. The van der Waals surface area contributed by atoms with Gasteiger partial charge in [0, 0.05) is 5.69 Å². The van der Waals surface area contributed by atoms with Crippen LogP contribution in [0.15, 0.2) is 6.07 Å². The largest absolute Gasteiger partial charge is 0.369 e. The topological polar surface area (TPSA) is 68.9 Å². The summed E-state index contributed by atoms with van der Waals surface area (Å²) in [6, 6.07) is 1.78. The number of hydrogen-bond donors (Lipinski definition) is 1. The van der Waals surface area contributed by atoms with Crippen molar-refractivity contribution in [2.75, 3.05) is 0 Å². The van der Waals surface area contributed by atoms with Crippen LogP contribution in [0.2, 0.25) is 0 Å². The van der Waals surface area contributed by atoms with Gasteiger partial charge in [0.1, 0.15) is 5.82 Å². The van der Waals surface area contributed by atoms with Gasteiger partial charge in [-0.25, -0.2) is 9.97 Å². The van der Waals surface area contributed by atoms with Crippen LogP contribution in [0.25, 0.3) is 0 Å². The van der Waals surface area contributed by atoms with Gasteiger partial charge < -0.3 is 5.73 Å². The number of alkyl halides is 1. The maximum Gasteiger partial charge on any atom is 0.225 e. The highest BCUT2D eigenvalue weighted by molar-refractivity contribution is 6.16. The summed E-state index contributed by atoms with van der Waals surface area (Å²) >= 11 is 5.60. The van der Waals surface area contributed by atoms with Crippen molar-refractivity contribution in [2.45, 2.75) is 19.2 Å². The van der Waals surface area contributed by atoms with Crippen molar-refractivity contribution in [2.24, 2.45) is 5.73 Å². The van der Waals surface area contributed by atoms with E-state index in [1.165, 1.54) is 0 Å². The molecule has 0 saturated heterocycles. The van der Waals surface area contributed by atoms with E-state index >= 15 is 0 Å². The van der Waals surface area contributed by atoms with Gasteiger partial charge in [-0.1, -0.05) is 0 Å². The number of nitrogens with two attached hydrogens (primary N) is 1. The van der Waals surface area contributed by atoms with Crippen molar-refractivity contribution < 1.29 is 4.79 Å². The number of hydrogen-bond acceptors (Lipinski definition) is 3. The van der Waals surface area contributed by atoms with Gasteiger partial charge in [-0.15, -0.1) is 11.6 Å². The molecule has 0 saturated carbocycles. The number of carbonyl (C=O) groups is 1. The molecule has 1 amide bonds. The molecule has 0 aliphatic rings. The second-order valence-corrected chi connectivity index (χ2v) is 2.96. The molecule has 0 aliphatic heterocycles. The van der Waals surface area contributed by atoms with Crippen LogP contribution in [0.3, 0.4) is 0 Å². The fourth-order valence-corrected chi connectivity index (χ4v) is 1.14. The van der Waals surface area contributed by atoms with E-state index in [-0.39, 0.29) is 6.42 Å². The fourth-order valence-electron chi connectivity index (χ4n) is 1.00. The Morgan fingerprint density at radius 2 is 2.31 bits per heavy atom. The first-order chi connectivity index (χ1) is 6.11. The number of amides is 1. The molecule has 1 heterocycles. The summed E-state index contributed by atoms with van der Waals surface area (Å²) in [5.41, 5.74) is 6.52. The highest BCUT2D eigenvalue weighted by atomic mass is 35.5. The Morgan fingerprint density at radius 3 is 2.85 bits per heavy atom.